The summed E-state index contributed by atoms with van der Waals surface area (Å²) in [4.78, 5) is -0.309. The predicted molar refractivity (Wildman–Crippen MR) is 79.5 cm³/mol. The van der Waals surface area contributed by atoms with Gasteiger partial charge >= 0.3 is 0 Å². The third-order valence-electron chi connectivity index (χ3n) is 3.57. The Morgan fingerprint density at radius 2 is 2.25 bits per heavy atom. The lowest BCUT2D eigenvalue weighted by Crippen LogP contribution is -2.44. The van der Waals surface area contributed by atoms with E-state index >= 15 is 0 Å². The summed E-state index contributed by atoms with van der Waals surface area (Å²) in [6.07, 6.45) is 2.00. The van der Waals surface area contributed by atoms with Gasteiger partial charge < -0.3 is 5.32 Å². The van der Waals surface area contributed by atoms with Crippen molar-refractivity contribution in [3.8, 4) is 0 Å². The summed E-state index contributed by atoms with van der Waals surface area (Å²) in [6, 6.07) is 3.72. The highest BCUT2D eigenvalue weighted by Crippen LogP contribution is 2.21. The second-order valence-electron chi connectivity index (χ2n) is 5.09. The maximum Gasteiger partial charge on any atom is 0.243 e. The SMILES string of the molecule is CC(NS(=O)(=O)c1ccc(Br)cc1F)C1CCCNC1. The molecule has 112 valence electrons. The molecular formula is C13H18BrFN2O2S. The van der Waals surface area contributed by atoms with Crippen molar-refractivity contribution in [3.63, 3.8) is 0 Å². The fourth-order valence-corrected chi connectivity index (χ4v) is 4.11. The van der Waals surface area contributed by atoms with E-state index in [0.717, 1.165) is 32.0 Å². The molecule has 0 spiro atoms. The van der Waals surface area contributed by atoms with Crippen molar-refractivity contribution in [1.82, 2.24) is 10.0 Å². The molecule has 0 amide bonds. The zero-order chi connectivity index (χ0) is 14.8. The van der Waals surface area contributed by atoms with E-state index < -0.39 is 15.8 Å². The van der Waals surface area contributed by atoms with Gasteiger partial charge in [0.1, 0.15) is 10.7 Å². The number of sulfonamides is 1. The van der Waals surface area contributed by atoms with Gasteiger partial charge in [-0.15, -0.1) is 0 Å². The van der Waals surface area contributed by atoms with Crippen LogP contribution in [0, 0.1) is 11.7 Å². The molecular weight excluding hydrogens is 347 g/mol. The molecule has 0 aliphatic carbocycles. The number of hydrogen-bond donors (Lipinski definition) is 2. The second-order valence-corrected chi connectivity index (χ2v) is 7.69. The van der Waals surface area contributed by atoms with Gasteiger partial charge in [0.25, 0.3) is 0 Å². The Labute approximate surface area is 127 Å². The fourth-order valence-electron chi connectivity index (χ4n) is 2.40. The molecule has 20 heavy (non-hydrogen) atoms. The van der Waals surface area contributed by atoms with Crippen molar-refractivity contribution in [3.05, 3.63) is 28.5 Å². The molecule has 1 aromatic rings. The summed E-state index contributed by atoms with van der Waals surface area (Å²) in [6.45, 7) is 3.58. The van der Waals surface area contributed by atoms with Gasteiger partial charge in [0.05, 0.1) is 0 Å². The Bertz CT molecular complexity index is 574. The van der Waals surface area contributed by atoms with Gasteiger partial charge in [-0.1, -0.05) is 15.9 Å². The first-order valence-corrected chi connectivity index (χ1v) is 8.86. The molecule has 2 unspecified atom stereocenters. The lowest BCUT2D eigenvalue weighted by atomic mass is 9.94. The molecule has 0 bridgehead atoms. The van der Waals surface area contributed by atoms with E-state index in [1.165, 1.54) is 12.1 Å². The second kappa shape index (κ2) is 6.51. The molecule has 0 saturated carbocycles. The first kappa shape index (κ1) is 15.9. The van der Waals surface area contributed by atoms with Crippen LogP contribution in [0.4, 0.5) is 4.39 Å². The van der Waals surface area contributed by atoms with Crippen molar-refractivity contribution in [1.29, 1.82) is 0 Å². The topological polar surface area (TPSA) is 58.2 Å². The highest BCUT2D eigenvalue weighted by atomic mass is 79.9. The normalized spacial score (nSPS) is 21.6. The van der Waals surface area contributed by atoms with Crippen molar-refractivity contribution < 1.29 is 12.8 Å². The maximum atomic E-state index is 13.8. The maximum absolute atomic E-state index is 13.8. The van der Waals surface area contributed by atoms with E-state index in [1.807, 2.05) is 6.92 Å². The number of rotatable bonds is 4. The summed E-state index contributed by atoms with van der Waals surface area (Å²) in [5.74, 6) is -0.516. The van der Waals surface area contributed by atoms with E-state index in [-0.39, 0.29) is 16.9 Å². The minimum Gasteiger partial charge on any atom is -0.316 e. The van der Waals surface area contributed by atoms with Gasteiger partial charge in [-0.3, -0.25) is 0 Å². The lowest BCUT2D eigenvalue weighted by Gasteiger charge is -2.28. The van der Waals surface area contributed by atoms with Crippen molar-refractivity contribution >= 4 is 26.0 Å². The lowest BCUT2D eigenvalue weighted by molar-refractivity contribution is 0.320. The molecule has 2 N–H and O–H groups in total. The zero-order valence-corrected chi connectivity index (χ0v) is 13.6. The van der Waals surface area contributed by atoms with Gasteiger partial charge in [-0.05, 0) is 57.0 Å². The number of benzene rings is 1. The third-order valence-corrected chi connectivity index (χ3v) is 5.65. The van der Waals surface area contributed by atoms with Crippen LogP contribution in [0.2, 0.25) is 0 Å². The number of piperidine rings is 1. The highest BCUT2D eigenvalue weighted by Gasteiger charge is 2.26. The largest absolute Gasteiger partial charge is 0.316 e. The molecule has 1 heterocycles. The van der Waals surface area contributed by atoms with E-state index in [0.29, 0.717) is 4.47 Å². The summed E-state index contributed by atoms with van der Waals surface area (Å²) < 4.78 is 41.3. The molecule has 1 saturated heterocycles. The van der Waals surface area contributed by atoms with Gasteiger partial charge in [0, 0.05) is 10.5 Å². The molecule has 0 aromatic heterocycles. The number of halogens is 2. The Morgan fingerprint density at radius 3 is 2.85 bits per heavy atom. The Balaban J connectivity index is 2.13. The van der Waals surface area contributed by atoms with Gasteiger partial charge in [-0.2, -0.15) is 0 Å². The number of hydrogen-bond acceptors (Lipinski definition) is 3. The molecule has 1 aliphatic rings. The van der Waals surface area contributed by atoms with E-state index in [9.17, 15) is 12.8 Å². The van der Waals surface area contributed by atoms with Crippen LogP contribution in [0.5, 0.6) is 0 Å². The predicted octanol–water partition coefficient (Wildman–Crippen LogP) is 2.25. The van der Waals surface area contributed by atoms with Crippen LogP contribution in [-0.4, -0.2) is 27.5 Å². The zero-order valence-electron chi connectivity index (χ0n) is 11.2. The molecule has 1 fully saturated rings. The van der Waals surface area contributed by atoms with Crippen molar-refractivity contribution in [2.75, 3.05) is 13.1 Å². The summed E-state index contributed by atoms with van der Waals surface area (Å²) in [5.41, 5.74) is 0. The van der Waals surface area contributed by atoms with Crippen molar-refractivity contribution in [2.24, 2.45) is 5.92 Å². The molecule has 1 aliphatic heterocycles. The minimum absolute atomic E-state index is 0.226. The highest BCUT2D eigenvalue weighted by molar-refractivity contribution is 9.10. The minimum atomic E-state index is -3.83. The standard InChI is InChI=1S/C13H18BrFN2O2S/c1-9(10-3-2-6-16-8-10)17-20(18,19)13-5-4-11(14)7-12(13)15/h4-5,7,9-10,16-17H,2-3,6,8H2,1H3. The van der Waals surface area contributed by atoms with Crippen molar-refractivity contribution in [2.45, 2.75) is 30.7 Å². The fraction of sp³-hybridized carbons (Fsp3) is 0.538. The van der Waals surface area contributed by atoms with E-state index in [2.05, 4.69) is 26.0 Å². The summed E-state index contributed by atoms with van der Waals surface area (Å²) >= 11 is 3.11. The molecule has 2 rings (SSSR count). The van der Waals surface area contributed by atoms with Crippen LogP contribution >= 0.6 is 15.9 Å². The first-order chi connectivity index (χ1) is 9.40. The summed E-state index contributed by atoms with van der Waals surface area (Å²) in [7, 11) is -3.83. The Hall–Kier alpha value is -0.500. The van der Waals surface area contributed by atoms with Gasteiger partial charge in [-0.25, -0.2) is 17.5 Å². The van der Waals surface area contributed by atoms with E-state index in [1.54, 1.807) is 0 Å². The molecule has 4 nitrogen and oxygen atoms in total. The molecule has 2 atom stereocenters. The monoisotopic (exact) mass is 364 g/mol. The van der Waals surface area contributed by atoms with Crippen LogP contribution in [0.15, 0.2) is 27.6 Å². The Kier molecular flexibility index (Phi) is 5.17. The Morgan fingerprint density at radius 1 is 1.50 bits per heavy atom. The van der Waals surface area contributed by atoms with Crippen LogP contribution in [0.25, 0.3) is 0 Å². The van der Waals surface area contributed by atoms with Gasteiger partial charge in [0.2, 0.25) is 10.0 Å². The van der Waals surface area contributed by atoms with Crippen LogP contribution < -0.4 is 10.0 Å². The first-order valence-electron chi connectivity index (χ1n) is 6.58. The molecule has 0 radical (unpaired) electrons. The molecule has 1 aromatic carbocycles. The van der Waals surface area contributed by atoms with E-state index in [4.69, 9.17) is 0 Å². The van der Waals surface area contributed by atoms with Crippen LogP contribution in [-0.2, 0) is 10.0 Å². The summed E-state index contributed by atoms with van der Waals surface area (Å²) in [5, 5.41) is 3.25. The smallest absolute Gasteiger partial charge is 0.243 e. The average Bonchev–Trinajstić information content (AvgIpc) is 2.38. The molecule has 7 heteroatoms. The average molecular weight is 365 g/mol. The number of nitrogens with one attached hydrogen (secondary N) is 2. The van der Waals surface area contributed by atoms with Gasteiger partial charge in [0.15, 0.2) is 0 Å². The van der Waals surface area contributed by atoms with Crippen LogP contribution in [0.3, 0.4) is 0 Å². The quantitative estimate of drug-likeness (QED) is 0.861. The third kappa shape index (κ3) is 3.78. The van der Waals surface area contributed by atoms with Crippen LogP contribution in [0.1, 0.15) is 19.8 Å².